The zero-order valence-corrected chi connectivity index (χ0v) is 18.1. The molecule has 2 aliphatic heterocycles. The van der Waals surface area contributed by atoms with Gasteiger partial charge in [0.1, 0.15) is 0 Å². The highest BCUT2D eigenvalue weighted by Gasteiger charge is 2.46. The maximum Gasteiger partial charge on any atom is 0.237 e. The van der Waals surface area contributed by atoms with Gasteiger partial charge in [0.2, 0.25) is 5.91 Å². The van der Waals surface area contributed by atoms with Gasteiger partial charge in [0, 0.05) is 36.0 Å². The topological polar surface area (TPSA) is 44.4 Å². The summed E-state index contributed by atoms with van der Waals surface area (Å²) in [6.45, 7) is 8.71. The van der Waals surface area contributed by atoms with Crippen LogP contribution in [0.4, 0.5) is 11.4 Å². The molecule has 0 bridgehead atoms. The second-order valence-corrected chi connectivity index (χ2v) is 9.85. The van der Waals surface area contributed by atoms with Crippen LogP contribution in [0, 0.1) is 12.8 Å². The highest BCUT2D eigenvalue weighted by molar-refractivity contribution is 6.31. The van der Waals surface area contributed by atoms with Crippen LogP contribution in [0.2, 0.25) is 5.02 Å². The number of rotatable bonds is 5. The van der Waals surface area contributed by atoms with Gasteiger partial charge in [0.05, 0.1) is 11.0 Å². The van der Waals surface area contributed by atoms with E-state index >= 15 is 0 Å². The lowest BCUT2D eigenvalue weighted by atomic mass is 9.81. The summed E-state index contributed by atoms with van der Waals surface area (Å²) in [7, 11) is 0. The van der Waals surface area contributed by atoms with Crippen LogP contribution in [-0.4, -0.2) is 25.5 Å². The number of carbonyl (C=O) groups excluding carboxylic acids is 1. The van der Waals surface area contributed by atoms with Crippen molar-refractivity contribution in [2.45, 2.75) is 44.6 Å². The SMILES string of the molecule is Cc1c(Cl)cccc1C1(Nc2ccc3c(c2)N(CC2CC2)C(=O)C3(C)C)CNC1. The normalized spacial score (nSPS) is 21.7. The van der Waals surface area contributed by atoms with Crippen LogP contribution < -0.4 is 15.5 Å². The summed E-state index contributed by atoms with van der Waals surface area (Å²) in [4.78, 5) is 15.1. The molecule has 1 amide bonds. The number of halogens is 1. The van der Waals surface area contributed by atoms with E-state index in [0.717, 1.165) is 47.2 Å². The molecule has 152 valence electrons. The average molecular weight is 410 g/mol. The van der Waals surface area contributed by atoms with Gasteiger partial charge in [-0.2, -0.15) is 0 Å². The molecule has 2 heterocycles. The van der Waals surface area contributed by atoms with Gasteiger partial charge in [0.15, 0.2) is 0 Å². The first kappa shape index (κ1) is 19.0. The maximum atomic E-state index is 13.1. The molecule has 0 unspecified atom stereocenters. The van der Waals surface area contributed by atoms with Gasteiger partial charge < -0.3 is 15.5 Å². The van der Waals surface area contributed by atoms with E-state index in [2.05, 4.69) is 41.8 Å². The minimum Gasteiger partial charge on any atom is -0.373 e. The van der Waals surface area contributed by atoms with Gasteiger partial charge in [-0.1, -0.05) is 29.8 Å². The van der Waals surface area contributed by atoms with E-state index in [0.29, 0.717) is 5.92 Å². The molecule has 3 aliphatic rings. The quantitative estimate of drug-likeness (QED) is 0.758. The fourth-order valence-corrected chi connectivity index (χ4v) is 4.96. The standard InChI is InChI=1S/C24H28ClN3O/c1-15-18(5-4-6-20(15)25)24(13-26-14-24)27-17-9-10-19-21(11-17)28(12-16-7-8-16)22(29)23(19,2)3/h4-6,9-11,16,26-27H,7-8,12-14H2,1-3H3. The number of anilines is 2. The minimum atomic E-state index is -0.456. The van der Waals surface area contributed by atoms with Gasteiger partial charge in [-0.3, -0.25) is 4.79 Å². The lowest BCUT2D eigenvalue weighted by molar-refractivity contribution is -0.122. The van der Waals surface area contributed by atoms with Crippen LogP contribution in [0.1, 0.15) is 43.4 Å². The van der Waals surface area contributed by atoms with Crippen molar-refractivity contribution in [2.24, 2.45) is 5.92 Å². The van der Waals surface area contributed by atoms with Gasteiger partial charge in [0.25, 0.3) is 0 Å². The molecular formula is C24H28ClN3O. The van der Waals surface area contributed by atoms with E-state index in [9.17, 15) is 4.79 Å². The Morgan fingerprint density at radius 2 is 1.93 bits per heavy atom. The summed E-state index contributed by atoms with van der Waals surface area (Å²) in [5.41, 5.74) is 4.97. The third-order valence-corrected chi connectivity index (χ3v) is 7.31. The lowest BCUT2D eigenvalue weighted by Gasteiger charge is -2.45. The second kappa shape index (κ2) is 6.48. The first-order valence-corrected chi connectivity index (χ1v) is 10.9. The molecule has 5 heteroatoms. The number of fused-ring (bicyclic) bond motifs is 1. The van der Waals surface area contributed by atoms with Crippen LogP contribution in [0.3, 0.4) is 0 Å². The van der Waals surface area contributed by atoms with Crippen molar-refractivity contribution in [3.05, 3.63) is 58.1 Å². The molecule has 1 saturated heterocycles. The Morgan fingerprint density at radius 1 is 1.17 bits per heavy atom. The van der Waals surface area contributed by atoms with E-state index in [1.165, 1.54) is 18.4 Å². The molecule has 0 aromatic heterocycles. The number of hydrogen-bond acceptors (Lipinski definition) is 3. The van der Waals surface area contributed by atoms with Gasteiger partial charge in [-0.25, -0.2) is 0 Å². The van der Waals surface area contributed by atoms with Crippen molar-refractivity contribution in [2.75, 3.05) is 29.9 Å². The smallest absolute Gasteiger partial charge is 0.237 e. The fourth-order valence-electron chi connectivity index (χ4n) is 4.79. The van der Waals surface area contributed by atoms with Crippen LogP contribution in [0.5, 0.6) is 0 Å². The molecular weight excluding hydrogens is 382 g/mol. The van der Waals surface area contributed by atoms with Crippen molar-refractivity contribution in [3.63, 3.8) is 0 Å². The summed E-state index contributed by atoms with van der Waals surface area (Å²) >= 11 is 6.41. The van der Waals surface area contributed by atoms with E-state index in [4.69, 9.17) is 11.6 Å². The third kappa shape index (κ3) is 2.96. The van der Waals surface area contributed by atoms with Crippen LogP contribution in [0.15, 0.2) is 36.4 Å². The van der Waals surface area contributed by atoms with Gasteiger partial charge >= 0.3 is 0 Å². The lowest BCUT2D eigenvalue weighted by Crippen LogP contribution is -2.61. The number of nitrogens with one attached hydrogen (secondary N) is 2. The Kier molecular flexibility index (Phi) is 4.24. The largest absolute Gasteiger partial charge is 0.373 e. The van der Waals surface area contributed by atoms with Crippen molar-refractivity contribution < 1.29 is 4.79 Å². The van der Waals surface area contributed by atoms with Gasteiger partial charge in [-0.15, -0.1) is 0 Å². The Morgan fingerprint density at radius 3 is 2.59 bits per heavy atom. The number of hydrogen-bond donors (Lipinski definition) is 2. The molecule has 2 N–H and O–H groups in total. The number of amides is 1. The van der Waals surface area contributed by atoms with Crippen molar-refractivity contribution >= 4 is 28.9 Å². The predicted molar refractivity (Wildman–Crippen MR) is 119 cm³/mol. The zero-order chi connectivity index (χ0) is 20.4. The van der Waals surface area contributed by atoms with Crippen LogP contribution in [0.25, 0.3) is 0 Å². The second-order valence-electron chi connectivity index (χ2n) is 9.44. The summed E-state index contributed by atoms with van der Waals surface area (Å²) in [6.07, 6.45) is 2.47. The Balaban J connectivity index is 1.51. The number of benzene rings is 2. The molecule has 1 saturated carbocycles. The monoisotopic (exact) mass is 409 g/mol. The number of carbonyl (C=O) groups is 1. The van der Waals surface area contributed by atoms with E-state index in [1.807, 2.05) is 30.9 Å². The fraction of sp³-hybridized carbons (Fsp3) is 0.458. The number of nitrogens with zero attached hydrogens (tertiary/aromatic N) is 1. The molecule has 0 atom stereocenters. The first-order valence-electron chi connectivity index (χ1n) is 10.5. The van der Waals surface area contributed by atoms with Crippen molar-refractivity contribution in [1.82, 2.24) is 5.32 Å². The molecule has 4 nitrogen and oxygen atoms in total. The Labute approximate surface area is 177 Å². The van der Waals surface area contributed by atoms with E-state index < -0.39 is 5.41 Å². The summed E-state index contributed by atoms with van der Waals surface area (Å²) in [5, 5.41) is 7.99. The molecule has 29 heavy (non-hydrogen) atoms. The third-order valence-electron chi connectivity index (χ3n) is 6.90. The zero-order valence-electron chi connectivity index (χ0n) is 17.3. The van der Waals surface area contributed by atoms with Crippen molar-refractivity contribution in [3.8, 4) is 0 Å². The minimum absolute atomic E-state index is 0.178. The molecule has 0 spiro atoms. The van der Waals surface area contributed by atoms with Crippen molar-refractivity contribution in [1.29, 1.82) is 0 Å². The summed E-state index contributed by atoms with van der Waals surface area (Å²) < 4.78 is 0. The molecule has 1 aliphatic carbocycles. The molecule has 0 radical (unpaired) electrons. The summed E-state index contributed by atoms with van der Waals surface area (Å²) in [5.74, 6) is 0.885. The Hall–Kier alpha value is -2.04. The molecule has 2 fully saturated rings. The average Bonchev–Trinajstić information content (AvgIpc) is 3.46. The Bertz CT molecular complexity index is 992. The molecule has 5 rings (SSSR count). The van der Waals surface area contributed by atoms with Gasteiger partial charge in [-0.05, 0) is 74.4 Å². The van der Waals surface area contributed by atoms with Crippen LogP contribution in [-0.2, 0) is 15.7 Å². The predicted octanol–water partition coefficient (Wildman–Crippen LogP) is 4.59. The van der Waals surface area contributed by atoms with E-state index in [-0.39, 0.29) is 11.4 Å². The molecule has 2 aromatic rings. The van der Waals surface area contributed by atoms with Crippen LogP contribution >= 0.6 is 11.6 Å². The molecule has 2 aromatic carbocycles. The highest BCUT2D eigenvalue weighted by Crippen LogP contribution is 2.45. The highest BCUT2D eigenvalue weighted by atomic mass is 35.5. The summed E-state index contributed by atoms with van der Waals surface area (Å²) in [6, 6.07) is 12.5. The van der Waals surface area contributed by atoms with E-state index in [1.54, 1.807) is 0 Å². The maximum absolute atomic E-state index is 13.1. The first-order chi connectivity index (χ1) is 13.8.